The Morgan fingerprint density at radius 1 is 1.71 bits per heavy atom. The molecule has 0 spiro atoms. The molecular formula is C11H20BrN3OS. The summed E-state index contributed by atoms with van der Waals surface area (Å²) in [5.41, 5.74) is -0.654. The molecule has 0 fully saturated rings. The van der Waals surface area contributed by atoms with E-state index in [-0.39, 0.29) is 6.04 Å². The van der Waals surface area contributed by atoms with Crippen molar-refractivity contribution in [2.75, 3.05) is 18.6 Å². The van der Waals surface area contributed by atoms with Crippen molar-refractivity contribution in [1.29, 1.82) is 0 Å². The third kappa shape index (κ3) is 5.90. The van der Waals surface area contributed by atoms with Crippen molar-refractivity contribution in [2.45, 2.75) is 32.0 Å². The molecule has 2 atom stereocenters. The second-order valence-electron chi connectivity index (χ2n) is 4.59. The minimum atomic E-state index is -0.654. The van der Waals surface area contributed by atoms with Gasteiger partial charge < -0.3 is 10.4 Å². The summed E-state index contributed by atoms with van der Waals surface area (Å²) in [6.45, 7) is 5.33. The fraction of sp³-hybridized carbons (Fsp3) is 0.727. The maximum atomic E-state index is 10.0. The molecule has 0 aliphatic rings. The molecule has 0 saturated carbocycles. The number of nitrogens with zero attached hydrogens (tertiary/aromatic N) is 2. The normalized spacial score (nSPS) is 16.8. The minimum absolute atomic E-state index is 0.273. The zero-order chi connectivity index (χ0) is 12.9. The van der Waals surface area contributed by atoms with Crippen LogP contribution in [0.2, 0.25) is 0 Å². The molecule has 6 heteroatoms. The molecule has 98 valence electrons. The number of thioether (sulfide) groups is 1. The van der Waals surface area contributed by atoms with Gasteiger partial charge in [0.05, 0.1) is 22.8 Å². The molecule has 17 heavy (non-hydrogen) atoms. The van der Waals surface area contributed by atoms with Crippen molar-refractivity contribution in [2.24, 2.45) is 0 Å². The van der Waals surface area contributed by atoms with Gasteiger partial charge in [0.2, 0.25) is 0 Å². The van der Waals surface area contributed by atoms with Gasteiger partial charge in [-0.15, -0.1) is 0 Å². The van der Waals surface area contributed by atoms with Gasteiger partial charge >= 0.3 is 0 Å². The summed E-state index contributed by atoms with van der Waals surface area (Å²) in [7, 11) is 0. The zero-order valence-corrected chi connectivity index (χ0v) is 12.9. The topological polar surface area (TPSA) is 50.1 Å². The van der Waals surface area contributed by atoms with Gasteiger partial charge in [0.15, 0.2) is 0 Å². The van der Waals surface area contributed by atoms with Crippen LogP contribution in [0.3, 0.4) is 0 Å². The van der Waals surface area contributed by atoms with Crippen LogP contribution < -0.4 is 5.32 Å². The van der Waals surface area contributed by atoms with Crippen molar-refractivity contribution >= 4 is 27.7 Å². The molecule has 2 N–H and O–H groups in total. The number of hydrogen-bond acceptors (Lipinski definition) is 4. The number of nitrogens with one attached hydrogen (secondary N) is 1. The zero-order valence-electron chi connectivity index (χ0n) is 10.5. The molecule has 1 aromatic heterocycles. The van der Waals surface area contributed by atoms with Crippen molar-refractivity contribution in [3.05, 3.63) is 16.9 Å². The quantitative estimate of drug-likeness (QED) is 0.803. The first-order valence-corrected chi connectivity index (χ1v) is 7.74. The lowest BCUT2D eigenvalue weighted by Gasteiger charge is -2.25. The molecule has 4 nitrogen and oxygen atoms in total. The summed E-state index contributed by atoms with van der Waals surface area (Å²) in [5.74, 6) is 0.736. The molecule has 0 radical (unpaired) electrons. The number of rotatable bonds is 7. The summed E-state index contributed by atoms with van der Waals surface area (Å²) in [6, 6.07) is 0.273. The van der Waals surface area contributed by atoms with Gasteiger partial charge in [0.25, 0.3) is 0 Å². The summed E-state index contributed by atoms with van der Waals surface area (Å²) in [6.07, 6.45) is 5.72. The SMILES string of the molecule is CSCC(C)(O)CNC(C)Cn1cc(Br)cn1. The third-order valence-corrected chi connectivity index (χ3v) is 3.67. The summed E-state index contributed by atoms with van der Waals surface area (Å²) >= 11 is 5.02. The van der Waals surface area contributed by atoms with E-state index in [0.717, 1.165) is 16.8 Å². The van der Waals surface area contributed by atoms with Gasteiger partial charge in [0, 0.05) is 24.5 Å². The summed E-state index contributed by atoms with van der Waals surface area (Å²) < 4.78 is 2.87. The molecule has 0 amide bonds. The highest BCUT2D eigenvalue weighted by Crippen LogP contribution is 2.10. The second-order valence-corrected chi connectivity index (χ2v) is 6.37. The third-order valence-electron chi connectivity index (χ3n) is 2.35. The van der Waals surface area contributed by atoms with Crippen LogP contribution in [-0.4, -0.2) is 45.1 Å². The lowest BCUT2D eigenvalue weighted by molar-refractivity contribution is 0.0812. The average molecular weight is 322 g/mol. The minimum Gasteiger partial charge on any atom is -0.388 e. The van der Waals surface area contributed by atoms with Crippen molar-refractivity contribution in [3.63, 3.8) is 0 Å². The molecule has 1 heterocycles. The Bertz CT molecular complexity index is 343. The lowest BCUT2D eigenvalue weighted by atomic mass is 10.1. The van der Waals surface area contributed by atoms with Crippen LogP contribution in [0.25, 0.3) is 0 Å². The Kier molecular flexibility index (Phi) is 5.99. The van der Waals surface area contributed by atoms with E-state index in [2.05, 4.69) is 33.3 Å². The molecule has 1 aromatic rings. The van der Waals surface area contributed by atoms with E-state index in [1.807, 2.05) is 24.1 Å². The number of aliphatic hydroxyl groups is 1. The van der Waals surface area contributed by atoms with Gasteiger partial charge in [-0.3, -0.25) is 4.68 Å². The Balaban J connectivity index is 2.32. The van der Waals surface area contributed by atoms with Crippen LogP contribution in [0.5, 0.6) is 0 Å². The Morgan fingerprint density at radius 2 is 2.41 bits per heavy atom. The summed E-state index contributed by atoms with van der Waals surface area (Å²) in [5, 5.41) is 17.5. The molecular weight excluding hydrogens is 302 g/mol. The van der Waals surface area contributed by atoms with E-state index in [1.54, 1.807) is 18.0 Å². The first-order chi connectivity index (χ1) is 7.93. The van der Waals surface area contributed by atoms with Crippen LogP contribution in [0.1, 0.15) is 13.8 Å². The lowest BCUT2D eigenvalue weighted by Crippen LogP contribution is -2.44. The average Bonchev–Trinajstić information content (AvgIpc) is 2.61. The van der Waals surface area contributed by atoms with Gasteiger partial charge in [0.1, 0.15) is 0 Å². The van der Waals surface area contributed by atoms with Crippen LogP contribution in [0, 0.1) is 0 Å². The molecule has 0 aliphatic heterocycles. The van der Waals surface area contributed by atoms with E-state index < -0.39 is 5.60 Å². The van der Waals surface area contributed by atoms with Crippen LogP contribution >= 0.6 is 27.7 Å². The maximum Gasteiger partial charge on any atom is 0.0833 e. The van der Waals surface area contributed by atoms with Crippen LogP contribution in [0.4, 0.5) is 0 Å². The molecule has 0 bridgehead atoms. The monoisotopic (exact) mass is 321 g/mol. The molecule has 0 aromatic carbocycles. The molecule has 0 aliphatic carbocycles. The van der Waals surface area contributed by atoms with Crippen molar-refractivity contribution < 1.29 is 5.11 Å². The van der Waals surface area contributed by atoms with E-state index >= 15 is 0 Å². The highest BCUT2D eigenvalue weighted by molar-refractivity contribution is 9.10. The summed E-state index contributed by atoms with van der Waals surface area (Å²) in [4.78, 5) is 0. The fourth-order valence-electron chi connectivity index (χ4n) is 1.54. The predicted octanol–water partition coefficient (Wildman–Crippen LogP) is 1.74. The van der Waals surface area contributed by atoms with Gasteiger partial charge in [-0.05, 0) is 36.0 Å². The van der Waals surface area contributed by atoms with Crippen LogP contribution in [-0.2, 0) is 6.54 Å². The first kappa shape index (κ1) is 15.0. The largest absolute Gasteiger partial charge is 0.388 e. The van der Waals surface area contributed by atoms with E-state index in [1.165, 1.54) is 0 Å². The molecule has 1 rings (SSSR count). The van der Waals surface area contributed by atoms with E-state index in [4.69, 9.17) is 0 Å². The predicted molar refractivity (Wildman–Crippen MR) is 76.4 cm³/mol. The van der Waals surface area contributed by atoms with Crippen LogP contribution in [0.15, 0.2) is 16.9 Å². The Hall–Kier alpha value is -0.0400. The highest BCUT2D eigenvalue weighted by Gasteiger charge is 2.20. The molecule has 0 saturated heterocycles. The Morgan fingerprint density at radius 3 is 2.94 bits per heavy atom. The standard InChI is InChI=1S/C11H20BrN3OS/c1-9(5-15-6-10(12)4-14-15)13-7-11(2,16)8-17-3/h4,6,9,13,16H,5,7-8H2,1-3H3. The van der Waals surface area contributed by atoms with E-state index in [9.17, 15) is 5.11 Å². The fourth-order valence-corrected chi connectivity index (χ4v) is 2.59. The van der Waals surface area contributed by atoms with Crippen molar-refractivity contribution in [3.8, 4) is 0 Å². The smallest absolute Gasteiger partial charge is 0.0833 e. The highest BCUT2D eigenvalue weighted by atomic mass is 79.9. The van der Waals surface area contributed by atoms with Crippen molar-refractivity contribution in [1.82, 2.24) is 15.1 Å². The molecule has 2 unspecified atom stereocenters. The number of halogens is 1. The first-order valence-electron chi connectivity index (χ1n) is 5.55. The van der Waals surface area contributed by atoms with Gasteiger partial charge in [-0.2, -0.15) is 16.9 Å². The Labute approximate surface area is 115 Å². The second kappa shape index (κ2) is 6.78. The van der Waals surface area contributed by atoms with Gasteiger partial charge in [-0.1, -0.05) is 0 Å². The number of hydrogen-bond donors (Lipinski definition) is 2. The maximum absolute atomic E-state index is 10.0. The van der Waals surface area contributed by atoms with E-state index in [0.29, 0.717) is 6.54 Å². The number of aromatic nitrogens is 2. The van der Waals surface area contributed by atoms with Gasteiger partial charge in [-0.25, -0.2) is 0 Å².